The number of ether oxygens (including phenoxy) is 1. The van der Waals surface area contributed by atoms with Crippen LogP contribution in [0.1, 0.15) is 52.7 Å². The van der Waals surface area contributed by atoms with Gasteiger partial charge in [-0.05, 0) is 88.5 Å². The zero-order chi connectivity index (χ0) is 43.5. The van der Waals surface area contributed by atoms with Crippen LogP contribution in [0.5, 0.6) is 11.5 Å². The fourth-order valence-electron chi connectivity index (χ4n) is 9.10. The monoisotopic (exact) mass is 1060 g/mol. The van der Waals surface area contributed by atoms with E-state index in [1.165, 1.54) is 42.2 Å². The summed E-state index contributed by atoms with van der Waals surface area (Å²) in [6.07, 6.45) is 1.91. The molecule has 3 aliphatic rings. The Hall–Kier alpha value is -5.92. The number of aromatic nitrogens is 2. The molecule has 0 atom stereocenters. The third-order valence-corrected chi connectivity index (χ3v) is 14.6. The molecule has 2 aromatic heterocycles. The molecular formula is C56H44N5OPtS2-3. The molecule has 0 aliphatic carbocycles. The van der Waals surface area contributed by atoms with E-state index in [4.69, 9.17) is 9.72 Å². The van der Waals surface area contributed by atoms with E-state index in [9.17, 15) is 0 Å². The van der Waals surface area contributed by atoms with Crippen molar-refractivity contribution in [2.45, 2.75) is 72.0 Å². The van der Waals surface area contributed by atoms with E-state index in [-0.39, 0.29) is 31.9 Å². The molecule has 65 heavy (non-hydrogen) atoms. The molecule has 3 aliphatic heterocycles. The van der Waals surface area contributed by atoms with E-state index in [2.05, 4.69) is 219 Å². The minimum Gasteiger partial charge on any atom is -0.509 e. The third-order valence-electron chi connectivity index (χ3n) is 12.4. The van der Waals surface area contributed by atoms with Gasteiger partial charge in [0.1, 0.15) is 5.82 Å². The van der Waals surface area contributed by atoms with E-state index < -0.39 is 0 Å². The van der Waals surface area contributed by atoms with Gasteiger partial charge in [0.05, 0.1) is 17.1 Å². The first-order valence-corrected chi connectivity index (χ1v) is 23.3. The van der Waals surface area contributed by atoms with E-state index >= 15 is 0 Å². The standard InChI is InChI=1S/C56H44N5OS2.Pt/c1-55(2,3)35-25-26-57-53(29-35)60-43-16-8-7-15-41(43)42-24-23-39(33-48(42)60)62-40-28-36(56(4,5)6)27-37(30-40)58-34-59(45-18-10-9-17-44(45)58)38-31-51-54-52(32-38)64-50-22-14-12-20-47(50)61(54)46-19-11-13-21-49(46)63-51;/h7-29,31-32,34H,1-6H3;/q-3;. The van der Waals surface area contributed by atoms with E-state index in [1.807, 2.05) is 35.8 Å². The molecule has 0 saturated carbocycles. The first kappa shape index (κ1) is 41.8. The maximum atomic E-state index is 6.84. The van der Waals surface area contributed by atoms with E-state index in [0.29, 0.717) is 11.5 Å². The van der Waals surface area contributed by atoms with E-state index in [0.717, 1.165) is 55.9 Å². The normalized spacial score (nSPS) is 13.9. The van der Waals surface area contributed by atoms with Crippen LogP contribution in [0.25, 0.3) is 27.6 Å². The summed E-state index contributed by atoms with van der Waals surface area (Å²) in [4.78, 5) is 16.9. The molecule has 0 unspecified atom stereocenters. The van der Waals surface area contributed by atoms with Crippen molar-refractivity contribution in [3.63, 3.8) is 0 Å². The predicted molar refractivity (Wildman–Crippen MR) is 265 cm³/mol. The van der Waals surface area contributed by atoms with Gasteiger partial charge in [-0.25, -0.2) is 4.98 Å². The van der Waals surface area contributed by atoms with Gasteiger partial charge in [-0.1, -0.05) is 125 Å². The summed E-state index contributed by atoms with van der Waals surface area (Å²) < 4.78 is 9.05. The third kappa shape index (κ3) is 7.04. The van der Waals surface area contributed by atoms with Crippen LogP contribution in [-0.2, 0) is 31.9 Å². The molecule has 0 N–H and O–H groups in total. The van der Waals surface area contributed by atoms with Crippen molar-refractivity contribution in [2.24, 2.45) is 0 Å². The summed E-state index contributed by atoms with van der Waals surface area (Å²) in [6.45, 7) is 15.6. The average Bonchev–Trinajstić information content (AvgIpc) is 3.84. The van der Waals surface area contributed by atoms with Crippen LogP contribution in [0.3, 0.4) is 0 Å². The molecule has 0 fully saturated rings. The predicted octanol–water partition coefficient (Wildman–Crippen LogP) is 16.0. The topological polar surface area (TPSA) is 36.8 Å². The molecule has 9 heteroatoms. The van der Waals surface area contributed by atoms with Gasteiger partial charge in [-0.15, -0.1) is 53.6 Å². The van der Waals surface area contributed by atoms with Crippen molar-refractivity contribution in [3.8, 4) is 17.3 Å². The Morgan fingerprint density at radius 3 is 1.85 bits per heavy atom. The van der Waals surface area contributed by atoms with Crippen molar-refractivity contribution >= 4 is 85.1 Å². The Morgan fingerprint density at radius 2 is 1.17 bits per heavy atom. The summed E-state index contributed by atoms with van der Waals surface area (Å²) in [6, 6.07) is 59.5. The van der Waals surface area contributed by atoms with Crippen molar-refractivity contribution in [1.29, 1.82) is 0 Å². The van der Waals surface area contributed by atoms with Gasteiger partial charge in [0.15, 0.2) is 0 Å². The number of pyridine rings is 1. The van der Waals surface area contributed by atoms with Crippen LogP contribution in [0, 0.1) is 18.8 Å². The second kappa shape index (κ2) is 15.6. The summed E-state index contributed by atoms with van der Waals surface area (Å²) in [5, 5.41) is 2.24. The minimum atomic E-state index is -0.168. The SMILES string of the molecule is CC(C)(C)c1cc(Oc2[c-]c3c(cc2)c2ccccc2n3-c2cc(C(C)(C)C)ccn2)[c-]c(N2[CH-]N(c3cc4c5c(c3)Sc3ccccc3N5c3ccccc3S4)c3ccccc32)c1.[Pt]. The second-order valence-electron chi connectivity index (χ2n) is 18.7. The Labute approximate surface area is 403 Å². The van der Waals surface area contributed by atoms with Crippen LogP contribution < -0.4 is 19.4 Å². The smallest absolute Gasteiger partial charge is 0.135 e. The fourth-order valence-corrected chi connectivity index (χ4v) is 11.4. The number of rotatable bonds is 5. The average molecular weight is 1060 g/mol. The van der Waals surface area contributed by atoms with E-state index in [1.54, 1.807) is 0 Å². The number of para-hydroxylation sites is 5. The fraction of sp³-hybridized carbons (Fsp3) is 0.143. The van der Waals surface area contributed by atoms with Gasteiger partial charge >= 0.3 is 0 Å². The Bertz CT molecular complexity index is 3300. The molecule has 324 valence electrons. The van der Waals surface area contributed by atoms with Crippen molar-refractivity contribution in [2.75, 3.05) is 14.7 Å². The van der Waals surface area contributed by atoms with Gasteiger partial charge in [0.2, 0.25) is 0 Å². The van der Waals surface area contributed by atoms with Gasteiger partial charge in [0.25, 0.3) is 0 Å². The zero-order valence-electron chi connectivity index (χ0n) is 36.8. The van der Waals surface area contributed by atoms with Crippen molar-refractivity contribution in [1.82, 2.24) is 9.55 Å². The van der Waals surface area contributed by atoms with Gasteiger partial charge < -0.3 is 24.0 Å². The summed E-state index contributed by atoms with van der Waals surface area (Å²) >= 11 is 3.69. The van der Waals surface area contributed by atoms with Crippen LogP contribution in [0.15, 0.2) is 171 Å². The molecule has 6 nitrogen and oxygen atoms in total. The molecule has 0 saturated heterocycles. The largest absolute Gasteiger partial charge is 0.509 e. The molecule has 12 rings (SSSR count). The van der Waals surface area contributed by atoms with Gasteiger partial charge in [0, 0.05) is 80.9 Å². The second-order valence-corrected chi connectivity index (χ2v) is 20.8. The summed E-state index contributed by atoms with van der Waals surface area (Å²) in [5.74, 6) is 2.09. The number of hydrogen-bond donors (Lipinski definition) is 0. The maximum Gasteiger partial charge on any atom is 0.135 e. The van der Waals surface area contributed by atoms with Crippen molar-refractivity contribution in [3.05, 3.63) is 182 Å². The molecule has 7 aromatic carbocycles. The number of hydrogen-bond acceptors (Lipinski definition) is 7. The Morgan fingerprint density at radius 1 is 0.554 bits per heavy atom. The number of benzene rings is 7. The van der Waals surface area contributed by atoms with Gasteiger partial charge in [-0.3, -0.25) is 0 Å². The minimum absolute atomic E-state index is 0. The first-order valence-electron chi connectivity index (χ1n) is 21.7. The number of nitrogens with zero attached hydrogens (tertiary/aromatic N) is 5. The number of fused-ring (bicyclic) bond motifs is 8. The molecule has 5 heterocycles. The van der Waals surface area contributed by atoms with Crippen LogP contribution in [-0.4, -0.2) is 9.55 Å². The van der Waals surface area contributed by atoms with Crippen LogP contribution >= 0.6 is 23.5 Å². The molecular weight excluding hydrogens is 1020 g/mol. The van der Waals surface area contributed by atoms with Crippen LogP contribution in [0.4, 0.5) is 39.8 Å². The summed E-state index contributed by atoms with van der Waals surface area (Å²) in [5.41, 5.74) is 12.0. The van der Waals surface area contributed by atoms with Crippen molar-refractivity contribution < 1.29 is 25.8 Å². The molecule has 0 spiro atoms. The number of anilines is 7. The molecule has 9 aromatic rings. The van der Waals surface area contributed by atoms with Crippen LogP contribution in [0.2, 0.25) is 0 Å². The quantitative estimate of drug-likeness (QED) is 0.159. The maximum absolute atomic E-state index is 6.84. The van der Waals surface area contributed by atoms with Gasteiger partial charge in [-0.2, -0.15) is 6.07 Å². The molecule has 0 radical (unpaired) electrons. The molecule has 0 bridgehead atoms. The Balaban J connectivity index is 0.00000469. The zero-order valence-corrected chi connectivity index (χ0v) is 40.7. The Kier molecular flexibility index (Phi) is 10.0. The molecule has 0 amide bonds. The first-order chi connectivity index (χ1) is 31.0. The summed E-state index contributed by atoms with van der Waals surface area (Å²) in [7, 11) is 0.